The lowest BCUT2D eigenvalue weighted by molar-refractivity contribution is -0.384. The number of hydrogen-bond acceptors (Lipinski definition) is 4. The zero-order valence-electron chi connectivity index (χ0n) is 11.8. The van der Waals surface area contributed by atoms with Crippen LogP contribution in [0.25, 0.3) is 5.57 Å². The summed E-state index contributed by atoms with van der Waals surface area (Å²) in [5, 5.41) is 10.9. The highest BCUT2D eigenvalue weighted by Gasteiger charge is 2.46. The summed E-state index contributed by atoms with van der Waals surface area (Å²) in [4.78, 5) is 10.2. The summed E-state index contributed by atoms with van der Waals surface area (Å²) in [6, 6.07) is 3.16. The van der Waals surface area contributed by atoms with Crippen LogP contribution in [-0.4, -0.2) is 18.8 Å². The number of allylic oxidation sites excluding steroid dienone is 2. The van der Waals surface area contributed by atoms with Crippen molar-refractivity contribution in [1.29, 1.82) is 0 Å². The molecule has 0 atom stereocenters. The van der Waals surface area contributed by atoms with Crippen LogP contribution in [0.15, 0.2) is 24.3 Å². The molecule has 0 aliphatic heterocycles. The number of halogens is 3. The van der Waals surface area contributed by atoms with Crippen molar-refractivity contribution in [3.05, 3.63) is 40.0 Å². The lowest BCUT2D eigenvalue weighted by atomic mass is 9.93. The Hall–Kier alpha value is -2.10. The highest BCUT2D eigenvalue weighted by Crippen LogP contribution is 2.33. The number of non-ortho nitro benzene ring substituents is 1. The van der Waals surface area contributed by atoms with Crippen molar-refractivity contribution < 1.29 is 26.5 Å². The van der Waals surface area contributed by atoms with Crippen molar-refractivity contribution in [2.24, 2.45) is 0 Å². The van der Waals surface area contributed by atoms with E-state index in [1.807, 2.05) is 6.08 Å². The Balaban J connectivity index is 2.46. The molecule has 1 aromatic rings. The molecule has 1 N–H and O–H groups in total. The zero-order valence-corrected chi connectivity index (χ0v) is 12.6. The molecular formula is C13H13F3N2O4S. The van der Waals surface area contributed by atoms with Gasteiger partial charge in [-0.05, 0) is 42.9 Å². The van der Waals surface area contributed by atoms with E-state index in [1.54, 1.807) is 0 Å². The van der Waals surface area contributed by atoms with Crippen LogP contribution in [0, 0.1) is 10.1 Å². The van der Waals surface area contributed by atoms with E-state index < -0.39 is 31.8 Å². The first kappa shape index (κ1) is 17.3. The lowest BCUT2D eigenvalue weighted by Crippen LogP contribution is -2.29. The molecule has 6 nitrogen and oxygen atoms in total. The SMILES string of the molecule is O=[N+]([O-])c1cc(NS(=O)(=O)C(F)(F)F)cc(C2=CCCCC2)c1. The Morgan fingerprint density at radius 2 is 1.87 bits per heavy atom. The molecule has 0 amide bonds. The molecule has 126 valence electrons. The Morgan fingerprint density at radius 3 is 2.39 bits per heavy atom. The smallest absolute Gasteiger partial charge is 0.276 e. The Kier molecular flexibility index (Phi) is 4.64. The van der Waals surface area contributed by atoms with Gasteiger partial charge in [0.05, 0.1) is 10.6 Å². The number of nitrogens with zero attached hydrogens (tertiary/aromatic N) is 1. The number of benzene rings is 1. The number of sulfonamides is 1. The first-order valence-electron chi connectivity index (χ1n) is 6.68. The van der Waals surface area contributed by atoms with Crippen LogP contribution in [0.5, 0.6) is 0 Å². The molecule has 0 aromatic heterocycles. The summed E-state index contributed by atoms with van der Waals surface area (Å²) in [6.07, 6.45) is 5.07. The Morgan fingerprint density at radius 1 is 1.17 bits per heavy atom. The number of nitro benzene ring substituents is 1. The summed E-state index contributed by atoms with van der Waals surface area (Å²) in [7, 11) is -5.63. The molecule has 0 unspecified atom stereocenters. The molecule has 23 heavy (non-hydrogen) atoms. The summed E-state index contributed by atoms with van der Waals surface area (Å²) in [6.45, 7) is 0. The standard InChI is InChI=1S/C13H13F3N2O4S/c14-13(15,16)23(21,22)17-11-6-10(7-12(8-11)18(19)20)9-4-2-1-3-5-9/h4,6-8,17H,1-3,5H2. The van der Waals surface area contributed by atoms with Crippen LogP contribution in [0.1, 0.15) is 31.2 Å². The predicted octanol–water partition coefficient (Wildman–Crippen LogP) is 3.81. The van der Waals surface area contributed by atoms with E-state index in [9.17, 15) is 31.7 Å². The third-order valence-electron chi connectivity index (χ3n) is 3.35. The minimum atomic E-state index is -5.63. The zero-order chi connectivity index (χ0) is 17.3. The van der Waals surface area contributed by atoms with E-state index in [0.717, 1.165) is 30.9 Å². The topological polar surface area (TPSA) is 89.3 Å². The van der Waals surface area contributed by atoms with Crippen LogP contribution in [0.2, 0.25) is 0 Å². The van der Waals surface area contributed by atoms with Gasteiger partial charge in [-0.15, -0.1) is 0 Å². The van der Waals surface area contributed by atoms with Crippen molar-refractivity contribution in [1.82, 2.24) is 0 Å². The Bertz CT molecular complexity index is 757. The molecule has 10 heteroatoms. The van der Waals surface area contributed by atoms with E-state index >= 15 is 0 Å². The number of anilines is 1. The van der Waals surface area contributed by atoms with E-state index in [2.05, 4.69) is 0 Å². The first-order chi connectivity index (χ1) is 10.6. The molecular weight excluding hydrogens is 337 g/mol. The normalized spacial score (nSPS) is 15.9. The van der Waals surface area contributed by atoms with Gasteiger partial charge >= 0.3 is 15.5 Å². The minimum Gasteiger partial charge on any atom is -0.276 e. The van der Waals surface area contributed by atoms with Gasteiger partial charge in [0, 0.05) is 12.1 Å². The summed E-state index contributed by atoms with van der Waals surface area (Å²) < 4.78 is 61.0. The molecule has 1 aliphatic rings. The number of nitro groups is 1. The van der Waals surface area contributed by atoms with Crippen LogP contribution in [0.3, 0.4) is 0 Å². The van der Waals surface area contributed by atoms with Crippen molar-refractivity contribution in [2.45, 2.75) is 31.2 Å². The monoisotopic (exact) mass is 350 g/mol. The van der Waals surface area contributed by atoms with Crippen molar-refractivity contribution in [2.75, 3.05) is 4.72 Å². The van der Waals surface area contributed by atoms with E-state index in [1.165, 1.54) is 16.9 Å². The van der Waals surface area contributed by atoms with Gasteiger partial charge in [-0.3, -0.25) is 14.8 Å². The van der Waals surface area contributed by atoms with Gasteiger partial charge in [-0.1, -0.05) is 6.08 Å². The van der Waals surface area contributed by atoms with Gasteiger partial charge in [0.2, 0.25) is 0 Å². The average Bonchev–Trinajstić information content (AvgIpc) is 2.46. The molecule has 2 rings (SSSR count). The fourth-order valence-electron chi connectivity index (χ4n) is 2.27. The maximum Gasteiger partial charge on any atom is 0.516 e. The van der Waals surface area contributed by atoms with Crippen molar-refractivity contribution in [3.8, 4) is 0 Å². The lowest BCUT2D eigenvalue weighted by Gasteiger charge is -2.15. The molecule has 0 heterocycles. The fraction of sp³-hybridized carbons (Fsp3) is 0.385. The van der Waals surface area contributed by atoms with Gasteiger partial charge in [0.25, 0.3) is 5.69 Å². The summed E-state index contributed by atoms with van der Waals surface area (Å²) in [5.74, 6) is 0. The molecule has 0 bridgehead atoms. The van der Waals surface area contributed by atoms with Gasteiger partial charge in [0.1, 0.15) is 0 Å². The van der Waals surface area contributed by atoms with Gasteiger partial charge in [-0.25, -0.2) is 0 Å². The quantitative estimate of drug-likeness (QED) is 0.660. The van der Waals surface area contributed by atoms with Crippen molar-refractivity contribution in [3.63, 3.8) is 0 Å². The predicted molar refractivity (Wildman–Crippen MR) is 78.1 cm³/mol. The Labute approximate surface area is 130 Å². The van der Waals surface area contributed by atoms with Gasteiger partial charge in [0.15, 0.2) is 0 Å². The second-order valence-electron chi connectivity index (χ2n) is 5.05. The highest BCUT2D eigenvalue weighted by atomic mass is 32.2. The third kappa shape index (κ3) is 4.01. The summed E-state index contributed by atoms with van der Waals surface area (Å²) >= 11 is 0. The molecule has 0 fully saturated rings. The van der Waals surface area contributed by atoms with Gasteiger partial charge < -0.3 is 0 Å². The average molecular weight is 350 g/mol. The number of rotatable bonds is 4. The highest BCUT2D eigenvalue weighted by molar-refractivity contribution is 7.93. The molecule has 0 spiro atoms. The first-order valence-corrected chi connectivity index (χ1v) is 8.16. The maximum absolute atomic E-state index is 12.4. The van der Waals surface area contributed by atoms with Crippen LogP contribution in [0.4, 0.5) is 24.5 Å². The molecule has 1 aromatic carbocycles. The second kappa shape index (κ2) is 6.19. The van der Waals surface area contributed by atoms with Crippen LogP contribution in [-0.2, 0) is 10.0 Å². The minimum absolute atomic E-state index is 0.346. The van der Waals surface area contributed by atoms with E-state index in [4.69, 9.17) is 0 Å². The van der Waals surface area contributed by atoms with E-state index in [0.29, 0.717) is 12.0 Å². The number of hydrogen-bond donors (Lipinski definition) is 1. The second-order valence-corrected chi connectivity index (χ2v) is 6.73. The van der Waals surface area contributed by atoms with Crippen LogP contribution >= 0.6 is 0 Å². The van der Waals surface area contributed by atoms with Gasteiger partial charge in [-0.2, -0.15) is 21.6 Å². The number of alkyl halides is 3. The largest absolute Gasteiger partial charge is 0.516 e. The van der Waals surface area contributed by atoms with Crippen LogP contribution < -0.4 is 4.72 Å². The molecule has 0 saturated carbocycles. The number of nitrogens with one attached hydrogen (secondary N) is 1. The third-order valence-corrected chi connectivity index (χ3v) is 4.46. The van der Waals surface area contributed by atoms with E-state index in [-0.39, 0.29) is 0 Å². The fourth-order valence-corrected chi connectivity index (χ4v) is 2.82. The van der Waals surface area contributed by atoms with Crippen molar-refractivity contribution >= 4 is 27.0 Å². The summed E-state index contributed by atoms with van der Waals surface area (Å²) in [5.41, 5.74) is -5.36. The molecule has 0 radical (unpaired) electrons. The maximum atomic E-state index is 12.4. The molecule has 0 saturated heterocycles. The molecule has 1 aliphatic carbocycles.